The van der Waals surface area contributed by atoms with Crippen molar-refractivity contribution in [2.75, 3.05) is 0 Å². The maximum atomic E-state index is 14.4. The number of rotatable bonds is 4. The van der Waals surface area contributed by atoms with Gasteiger partial charge >= 0.3 is 6.18 Å². The lowest BCUT2D eigenvalue weighted by Gasteiger charge is -2.10. The van der Waals surface area contributed by atoms with Gasteiger partial charge < -0.3 is 4.74 Å². The average molecular weight is 385 g/mol. The molecule has 1 aromatic heterocycles. The second-order valence-corrected chi connectivity index (χ2v) is 6.06. The Morgan fingerprint density at radius 3 is 2.38 bits per heavy atom. The van der Waals surface area contributed by atoms with Crippen LogP contribution in [0.2, 0.25) is 5.02 Å². The van der Waals surface area contributed by atoms with Gasteiger partial charge in [-0.2, -0.15) is 18.3 Å². The molecule has 0 atom stereocenters. The first kappa shape index (κ1) is 18.3. The zero-order chi connectivity index (χ0) is 18.9. The van der Waals surface area contributed by atoms with Crippen LogP contribution in [0.5, 0.6) is 5.75 Å². The number of aryl methyl sites for hydroxylation is 1. The summed E-state index contributed by atoms with van der Waals surface area (Å²) < 4.78 is 60.1. The van der Waals surface area contributed by atoms with Gasteiger partial charge in [0, 0.05) is 35.5 Å². The molecule has 0 spiro atoms. The largest absolute Gasteiger partial charge is 0.489 e. The summed E-state index contributed by atoms with van der Waals surface area (Å²) in [5.74, 6) is -0.615. The summed E-state index contributed by atoms with van der Waals surface area (Å²) >= 11 is 5.79. The van der Waals surface area contributed by atoms with Crippen LogP contribution < -0.4 is 4.74 Å². The molecule has 3 aromatic rings. The molecule has 0 aliphatic heterocycles. The van der Waals surface area contributed by atoms with Gasteiger partial charge in [0.1, 0.15) is 18.2 Å². The monoisotopic (exact) mass is 384 g/mol. The van der Waals surface area contributed by atoms with Crippen LogP contribution in [0.25, 0.3) is 11.1 Å². The third kappa shape index (κ3) is 3.99. The van der Waals surface area contributed by atoms with E-state index in [4.69, 9.17) is 16.3 Å². The lowest BCUT2D eigenvalue weighted by molar-refractivity contribution is -0.140. The summed E-state index contributed by atoms with van der Waals surface area (Å²) in [5.41, 5.74) is -0.815. The third-order valence-electron chi connectivity index (χ3n) is 3.65. The maximum absolute atomic E-state index is 14.4. The van der Waals surface area contributed by atoms with Gasteiger partial charge in [-0.3, -0.25) is 4.68 Å². The Balaban J connectivity index is 1.83. The van der Waals surface area contributed by atoms with Crippen molar-refractivity contribution in [3.8, 4) is 16.9 Å². The fourth-order valence-corrected chi connectivity index (χ4v) is 2.57. The van der Waals surface area contributed by atoms with Gasteiger partial charge in [0.05, 0.1) is 0 Å². The van der Waals surface area contributed by atoms with Gasteiger partial charge in [-0.15, -0.1) is 0 Å². The van der Waals surface area contributed by atoms with Crippen molar-refractivity contribution in [3.05, 3.63) is 70.8 Å². The molecule has 0 amide bonds. The zero-order valence-corrected chi connectivity index (χ0v) is 14.3. The molecule has 0 saturated heterocycles. The van der Waals surface area contributed by atoms with E-state index in [2.05, 4.69) is 5.10 Å². The van der Waals surface area contributed by atoms with Gasteiger partial charge in [-0.05, 0) is 29.8 Å². The summed E-state index contributed by atoms with van der Waals surface area (Å²) in [6, 6.07) is 10.6. The smallest absolute Gasteiger partial charge is 0.435 e. The molecule has 0 aliphatic carbocycles. The van der Waals surface area contributed by atoms with E-state index in [-0.39, 0.29) is 23.5 Å². The molecule has 0 N–H and O–H groups in total. The molecule has 3 nitrogen and oxygen atoms in total. The molecule has 0 unspecified atom stereocenters. The molecular formula is C18H13ClF4N2O. The van der Waals surface area contributed by atoms with Crippen molar-refractivity contribution in [1.82, 2.24) is 9.78 Å². The zero-order valence-electron chi connectivity index (χ0n) is 13.5. The van der Waals surface area contributed by atoms with Crippen LogP contribution in [0.1, 0.15) is 11.3 Å². The summed E-state index contributed by atoms with van der Waals surface area (Å²) in [7, 11) is 1.35. The molecule has 0 fully saturated rings. The molecule has 26 heavy (non-hydrogen) atoms. The van der Waals surface area contributed by atoms with E-state index in [1.165, 1.54) is 19.2 Å². The highest BCUT2D eigenvalue weighted by molar-refractivity contribution is 6.30. The lowest BCUT2D eigenvalue weighted by Crippen LogP contribution is -2.08. The summed E-state index contributed by atoms with van der Waals surface area (Å²) in [6.45, 7) is 0.177. The van der Waals surface area contributed by atoms with Gasteiger partial charge in [-0.25, -0.2) is 4.39 Å². The van der Waals surface area contributed by atoms with Crippen molar-refractivity contribution in [3.63, 3.8) is 0 Å². The topological polar surface area (TPSA) is 27.1 Å². The van der Waals surface area contributed by atoms with E-state index in [0.717, 1.165) is 22.5 Å². The lowest BCUT2D eigenvalue weighted by atomic mass is 10.1. The predicted octanol–water partition coefficient (Wildman–Crippen LogP) is 5.48. The van der Waals surface area contributed by atoms with Crippen molar-refractivity contribution < 1.29 is 22.3 Å². The first-order valence-corrected chi connectivity index (χ1v) is 7.90. The summed E-state index contributed by atoms with van der Waals surface area (Å²) in [5, 5.41) is 3.97. The molecular weight excluding hydrogens is 372 g/mol. The Labute approximate surface area is 151 Å². The molecule has 136 valence electrons. The number of ether oxygens (including phenoxy) is 1. The number of alkyl halides is 3. The highest BCUT2D eigenvalue weighted by Crippen LogP contribution is 2.37. The van der Waals surface area contributed by atoms with Crippen LogP contribution in [0.3, 0.4) is 0 Å². The molecule has 0 radical (unpaired) electrons. The highest BCUT2D eigenvalue weighted by atomic mass is 35.5. The number of hydrogen-bond acceptors (Lipinski definition) is 2. The highest BCUT2D eigenvalue weighted by Gasteiger charge is 2.37. The molecule has 8 heteroatoms. The first-order chi connectivity index (χ1) is 12.2. The molecule has 0 bridgehead atoms. The first-order valence-electron chi connectivity index (χ1n) is 7.52. The normalized spacial score (nSPS) is 11.6. The second-order valence-electron chi connectivity index (χ2n) is 5.62. The van der Waals surface area contributed by atoms with Gasteiger partial charge in [0.25, 0.3) is 0 Å². The number of hydrogen-bond donors (Lipinski definition) is 0. The maximum Gasteiger partial charge on any atom is 0.435 e. The number of nitrogens with zero attached hydrogens (tertiary/aromatic N) is 2. The minimum absolute atomic E-state index is 0.177. The standard InChI is InChI=1S/C18H13ClF4N2O/c1-25-9-15(17(24-25)18(21,22)23)14-7-6-13(8-16(14)20)26-10-11-2-4-12(19)5-3-11/h2-9H,10H2,1H3. The van der Waals surface area contributed by atoms with Crippen molar-refractivity contribution in [2.45, 2.75) is 12.8 Å². The van der Waals surface area contributed by atoms with E-state index >= 15 is 0 Å². The summed E-state index contributed by atoms with van der Waals surface area (Å²) in [4.78, 5) is 0. The van der Waals surface area contributed by atoms with Crippen molar-refractivity contribution in [2.24, 2.45) is 7.05 Å². The fraction of sp³-hybridized carbons (Fsp3) is 0.167. The van der Waals surface area contributed by atoms with Gasteiger partial charge in [-0.1, -0.05) is 23.7 Å². The Hall–Kier alpha value is -2.54. The fourth-order valence-electron chi connectivity index (χ4n) is 2.45. The minimum Gasteiger partial charge on any atom is -0.489 e. The Kier molecular flexibility index (Phi) is 4.91. The van der Waals surface area contributed by atoms with Crippen LogP contribution in [0.4, 0.5) is 17.6 Å². The van der Waals surface area contributed by atoms with Crippen LogP contribution in [0, 0.1) is 5.82 Å². The predicted molar refractivity (Wildman–Crippen MR) is 89.4 cm³/mol. The van der Waals surface area contributed by atoms with E-state index < -0.39 is 17.7 Å². The van der Waals surface area contributed by atoms with Crippen LogP contribution in [-0.4, -0.2) is 9.78 Å². The third-order valence-corrected chi connectivity index (χ3v) is 3.90. The average Bonchev–Trinajstić information content (AvgIpc) is 2.96. The van der Waals surface area contributed by atoms with Crippen LogP contribution in [-0.2, 0) is 19.8 Å². The Bertz CT molecular complexity index is 920. The van der Waals surface area contributed by atoms with E-state index in [1.807, 2.05) is 0 Å². The molecule has 3 rings (SSSR count). The Morgan fingerprint density at radius 2 is 1.77 bits per heavy atom. The molecule has 2 aromatic carbocycles. The minimum atomic E-state index is -4.67. The molecule has 0 aliphatic rings. The van der Waals surface area contributed by atoms with Crippen LogP contribution in [0.15, 0.2) is 48.7 Å². The second kappa shape index (κ2) is 6.99. The SMILES string of the molecule is Cn1cc(-c2ccc(OCc3ccc(Cl)cc3)cc2F)c(C(F)(F)F)n1. The van der Waals surface area contributed by atoms with E-state index in [9.17, 15) is 17.6 Å². The van der Waals surface area contributed by atoms with Crippen molar-refractivity contribution in [1.29, 1.82) is 0 Å². The summed E-state index contributed by atoms with van der Waals surface area (Å²) in [6.07, 6.45) is -3.54. The number of benzene rings is 2. The number of aromatic nitrogens is 2. The molecule has 0 saturated carbocycles. The molecule has 1 heterocycles. The van der Waals surface area contributed by atoms with Gasteiger partial charge in [0.15, 0.2) is 5.69 Å². The van der Waals surface area contributed by atoms with Crippen molar-refractivity contribution >= 4 is 11.6 Å². The quantitative estimate of drug-likeness (QED) is 0.557. The Morgan fingerprint density at radius 1 is 1.08 bits per heavy atom. The van der Waals surface area contributed by atoms with E-state index in [0.29, 0.717) is 5.02 Å². The van der Waals surface area contributed by atoms with Gasteiger partial charge in [0.2, 0.25) is 0 Å². The van der Waals surface area contributed by atoms with Crippen LogP contribution >= 0.6 is 11.6 Å². The number of halogens is 5. The van der Waals surface area contributed by atoms with E-state index in [1.54, 1.807) is 24.3 Å².